The van der Waals surface area contributed by atoms with E-state index in [0.717, 1.165) is 25.7 Å². The highest BCUT2D eigenvalue weighted by molar-refractivity contribution is 5.91. The van der Waals surface area contributed by atoms with Crippen LogP contribution >= 0.6 is 0 Å². The van der Waals surface area contributed by atoms with E-state index in [2.05, 4.69) is 86.6 Å². The molecule has 0 saturated carbocycles. The first-order valence-corrected chi connectivity index (χ1v) is 11.1. The number of aromatic nitrogens is 1. The van der Waals surface area contributed by atoms with E-state index in [1.807, 2.05) is 0 Å². The van der Waals surface area contributed by atoms with Gasteiger partial charge in [0.1, 0.15) is 0 Å². The minimum Gasteiger partial charge on any atom is -0.361 e. The van der Waals surface area contributed by atoms with Crippen LogP contribution in [-0.2, 0) is 25.7 Å². The molecule has 0 unspecified atom stereocenters. The maximum absolute atomic E-state index is 3.52. The number of hydrogen-bond donors (Lipinski definition) is 1. The summed E-state index contributed by atoms with van der Waals surface area (Å²) in [6, 6.07) is 11.3. The second kappa shape index (κ2) is 7.22. The average molecular weight is 380 g/mol. The number of hydrogen-bond acceptors (Lipinski definition) is 0. The summed E-state index contributed by atoms with van der Waals surface area (Å²) in [4.78, 5) is 3.52. The molecule has 0 aliphatic heterocycles. The van der Waals surface area contributed by atoms with Crippen molar-refractivity contribution in [2.24, 2.45) is 0 Å². The van der Waals surface area contributed by atoms with Crippen LogP contribution in [0.25, 0.3) is 22.4 Å². The Balaban J connectivity index is 1.88. The molecule has 2 aliphatic rings. The van der Waals surface area contributed by atoms with Gasteiger partial charge in [0, 0.05) is 23.4 Å². The van der Waals surface area contributed by atoms with Crippen LogP contribution in [0.4, 0.5) is 0 Å². The molecule has 29 heavy (non-hydrogen) atoms. The van der Waals surface area contributed by atoms with Crippen molar-refractivity contribution in [2.45, 2.75) is 52.4 Å². The molecule has 1 aromatic heterocycles. The number of H-pyrrole nitrogens is 1. The summed E-state index contributed by atoms with van der Waals surface area (Å²) in [6.45, 7) is 6.97. The zero-order valence-electron chi connectivity index (χ0n) is 17.7. The highest BCUT2D eigenvalue weighted by atomic mass is 14.7. The molecule has 0 saturated heterocycles. The van der Waals surface area contributed by atoms with Gasteiger partial charge in [-0.05, 0) is 82.3 Å². The maximum Gasteiger partial charge on any atom is 0.0459 e. The number of fused-ring (bicyclic) bond motifs is 3. The highest BCUT2D eigenvalue weighted by Crippen LogP contribution is 2.50. The third-order valence-corrected chi connectivity index (χ3v) is 6.77. The number of nitrogens with one attached hydrogen (secondary N) is 1. The zero-order valence-corrected chi connectivity index (χ0v) is 17.7. The third-order valence-electron chi connectivity index (χ3n) is 6.77. The van der Waals surface area contributed by atoms with E-state index < -0.39 is 0 Å². The molecule has 0 bridgehead atoms. The van der Waals surface area contributed by atoms with Crippen molar-refractivity contribution in [3.05, 3.63) is 94.2 Å². The second-order valence-electron chi connectivity index (χ2n) is 8.16. The summed E-state index contributed by atoms with van der Waals surface area (Å²) in [5.74, 6) is 0.394. The van der Waals surface area contributed by atoms with Gasteiger partial charge in [-0.2, -0.15) is 0 Å². The van der Waals surface area contributed by atoms with Gasteiger partial charge in [0.25, 0.3) is 0 Å². The van der Waals surface area contributed by atoms with E-state index in [9.17, 15) is 0 Å². The second-order valence-corrected chi connectivity index (χ2v) is 8.16. The number of benzene rings is 2. The van der Waals surface area contributed by atoms with Crippen molar-refractivity contribution in [1.82, 2.24) is 4.98 Å². The van der Waals surface area contributed by atoms with Gasteiger partial charge in [-0.25, -0.2) is 0 Å². The van der Waals surface area contributed by atoms with Gasteiger partial charge in [-0.15, -0.1) is 0 Å². The molecule has 1 heteroatoms. The molecule has 0 atom stereocenters. The normalized spacial score (nSPS) is 14.6. The lowest BCUT2D eigenvalue weighted by Crippen LogP contribution is -2.07. The summed E-state index contributed by atoms with van der Waals surface area (Å²) in [5, 5.41) is 0. The van der Waals surface area contributed by atoms with Gasteiger partial charge in [0.2, 0.25) is 0 Å². The fourth-order valence-corrected chi connectivity index (χ4v) is 5.65. The molecule has 1 N–H and O–H groups in total. The Hall–Kier alpha value is -2.80. The van der Waals surface area contributed by atoms with E-state index in [1.165, 1.54) is 39.1 Å². The largest absolute Gasteiger partial charge is 0.361 e. The highest BCUT2D eigenvalue weighted by Gasteiger charge is 2.31. The van der Waals surface area contributed by atoms with Crippen LogP contribution in [0.2, 0.25) is 0 Å². The Bertz CT molecular complexity index is 1110. The van der Waals surface area contributed by atoms with Gasteiger partial charge in [-0.3, -0.25) is 0 Å². The SMILES string of the molecule is CCc1c(CC)c(-c2ccc[nH]2)c2c(c1CC)-c1c(cccc1C1C=CC=C1)C2. The lowest BCUT2D eigenvalue weighted by molar-refractivity contribution is 0.977. The molecule has 146 valence electrons. The Morgan fingerprint density at radius 3 is 2.17 bits per heavy atom. The third kappa shape index (κ3) is 2.68. The summed E-state index contributed by atoms with van der Waals surface area (Å²) in [7, 11) is 0. The average Bonchev–Trinajstić information content (AvgIpc) is 3.52. The molecule has 0 fully saturated rings. The van der Waals surface area contributed by atoms with Crippen LogP contribution < -0.4 is 0 Å². The molecular formula is C28H29N. The van der Waals surface area contributed by atoms with Crippen molar-refractivity contribution < 1.29 is 0 Å². The van der Waals surface area contributed by atoms with Crippen molar-refractivity contribution in [2.75, 3.05) is 0 Å². The van der Waals surface area contributed by atoms with Crippen molar-refractivity contribution in [3.63, 3.8) is 0 Å². The molecule has 2 aliphatic carbocycles. The predicted octanol–water partition coefficient (Wildman–Crippen LogP) is 7.15. The summed E-state index contributed by atoms with van der Waals surface area (Å²) in [6.07, 6.45) is 15.4. The zero-order chi connectivity index (χ0) is 20.0. The number of aromatic amines is 1. The van der Waals surface area contributed by atoms with Gasteiger partial charge in [-0.1, -0.05) is 63.3 Å². The van der Waals surface area contributed by atoms with E-state index in [1.54, 1.807) is 16.7 Å². The summed E-state index contributed by atoms with van der Waals surface area (Å²) < 4.78 is 0. The van der Waals surface area contributed by atoms with Crippen molar-refractivity contribution in [3.8, 4) is 22.4 Å². The van der Waals surface area contributed by atoms with Crippen molar-refractivity contribution >= 4 is 0 Å². The Morgan fingerprint density at radius 1 is 0.793 bits per heavy atom. The first-order chi connectivity index (χ1) is 14.3. The Kier molecular flexibility index (Phi) is 4.54. The minimum atomic E-state index is 0.394. The van der Waals surface area contributed by atoms with Gasteiger partial charge in [0.05, 0.1) is 0 Å². The molecular weight excluding hydrogens is 350 g/mol. The van der Waals surface area contributed by atoms with Gasteiger partial charge >= 0.3 is 0 Å². The van der Waals surface area contributed by atoms with Crippen LogP contribution in [0.3, 0.4) is 0 Å². The van der Waals surface area contributed by atoms with Crippen LogP contribution in [0.15, 0.2) is 60.8 Å². The molecule has 0 amide bonds. The first-order valence-electron chi connectivity index (χ1n) is 11.1. The van der Waals surface area contributed by atoms with Crippen LogP contribution in [0.5, 0.6) is 0 Å². The Morgan fingerprint density at radius 2 is 1.52 bits per heavy atom. The topological polar surface area (TPSA) is 15.8 Å². The predicted molar refractivity (Wildman–Crippen MR) is 124 cm³/mol. The standard InChI is InChI=1S/C28H29N/c1-4-20-21(5-2)27(25-15-10-16-29-25)24-17-19-13-9-14-23(18-11-7-8-12-18)26(19)28(24)22(20)6-3/h7-16,18,29H,4-6,17H2,1-3H3. The smallest absolute Gasteiger partial charge is 0.0459 e. The number of rotatable bonds is 5. The van der Waals surface area contributed by atoms with E-state index in [0.29, 0.717) is 5.92 Å². The van der Waals surface area contributed by atoms with Crippen LogP contribution in [0.1, 0.15) is 60.1 Å². The molecule has 3 aromatic rings. The Labute approximate surface area is 174 Å². The molecule has 1 heterocycles. The van der Waals surface area contributed by atoms with Gasteiger partial charge < -0.3 is 4.98 Å². The molecule has 0 spiro atoms. The molecule has 0 radical (unpaired) electrons. The van der Waals surface area contributed by atoms with E-state index in [-0.39, 0.29) is 0 Å². The number of allylic oxidation sites excluding steroid dienone is 4. The summed E-state index contributed by atoms with van der Waals surface area (Å²) >= 11 is 0. The fraction of sp³-hybridized carbons (Fsp3) is 0.286. The lowest BCUT2D eigenvalue weighted by atomic mass is 9.81. The lowest BCUT2D eigenvalue weighted by Gasteiger charge is -2.23. The fourth-order valence-electron chi connectivity index (χ4n) is 5.65. The van der Waals surface area contributed by atoms with Crippen molar-refractivity contribution in [1.29, 1.82) is 0 Å². The monoisotopic (exact) mass is 379 g/mol. The van der Waals surface area contributed by atoms with Gasteiger partial charge in [0.15, 0.2) is 0 Å². The van der Waals surface area contributed by atoms with Crippen LogP contribution in [0, 0.1) is 0 Å². The van der Waals surface area contributed by atoms with Crippen LogP contribution in [-0.4, -0.2) is 4.98 Å². The molecule has 2 aromatic carbocycles. The molecule has 5 rings (SSSR count). The maximum atomic E-state index is 3.52. The van der Waals surface area contributed by atoms with E-state index >= 15 is 0 Å². The first kappa shape index (κ1) is 18.2. The molecule has 1 nitrogen and oxygen atoms in total. The quantitative estimate of drug-likeness (QED) is 0.379. The summed E-state index contributed by atoms with van der Waals surface area (Å²) in [5.41, 5.74) is 14.9. The van der Waals surface area contributed by atoms with E-state index in [4.69, 9.17) is 0 Å². The minimum absolute atomic E-state index is 0.394.